The lowest BCUT2D eigenvalue weighted by atomic mass is 9.82. The minimum Gasteiger partial charge on any atom is -0.235 e. The van der Waals surface area contributed by atoms with Gasteiger partial charge in [0.05, 0.1) is 22.5 Å². The molecule has 4 rings (SSSR count). The maximum absolute atomic E-state index is 12.9. The molecule has 4 aromatic rings. The van der Waals surface area contributed by atoms with E-state index < -0.39 is 11.7 Å². The Morgan fingerprint density at radius 3 is 2.23 bits per heavy atom. The van der Waals surface area contributed by atoms with Gasteiger partial charge >= 0.3 is 6.18 Å². The molecular formula is C23H19ClF3N3. The minimum absolute atomic E-state index is 0.358. The van der Waals surface area contributed by atoms with Crippen LogP contribution in [0.4, 0.5) is 13.2 Å². The number of benzene rings is 2. The molecule has 30 heavy (non-hydrogen) atoms. The van der Waals surface area contributed by atoms with E-state index in [9.17, 15) is 13.2 Å². The summed E-state index contributed by atoms with van der Waals surface area (Å²) in [4.78, 5) is 4.42. The van der Waals surface area contributed by atoms with Gasteiger partial charge in [-0.05, 0) is 29.7 Å². The van der Waals surface area contributed by atoms with Crippen molar-refractivity contribution in [3.63, 3.8) is 0 Å². The van der Waals surface area contributed by atoms with Crippen molar-refractivity contribution in [2.24, 2.45) is 0 Å². The lowest BCUT2D eigenvalue weighted by molar-refractivity contribution is -0.137. The van der Waals surface area contributed by atoms with Crippen LogP contribution >= 0.6 is 11.6 Å². The second kappa shape index (κ2) is 7.43. The van der Waals surface area contributed by atoms with Crippen molar-refractivity contribution in [3.8, 4) is 11.1 Å². The molecule has 0 aliphatic carbocycles. The molecule has 2 heterocycles. The molecule has 0 fully saturated rings. The van der Waals surface area contributed by atoms with Gasteiger partial charge in [0.25, 0.3) is 0 Å². The topological polar surface area (TPSA) is 30.2 Å². The lowest BCUT2D eigenvalue weighted by Crippen LogP contribution is -2.25. The average Bonchev–Trinajstić information content (AvgIpc) is 3.11. The van der Waals surface area contributed by atoms with E-state index in [1.165, 1.54) is 17.7 Å². The first-order valence-corrected chi connectivity index (χ1v) is 9.79. The SMILES string of the molecule is CC(C)(Cc1ccccc1)c1c(Cl)cnc2c(-c3ccc(C(F)(F)F)cc3)cnn12. The van der Waals surface area contributed by atoms with E-state index in [0.29, 0.717) is 21.8 Å². The van der Waals surface area contributed by atoms with Crippen molar-refractivity contribution >= 4 is 17.2 Å². The first-order valence-electron chi connectivity index (χ1n) is 9.41. The molecule has 0 atom stereocenters. The summed E-state index contributed by atoms with van der Waals surface area (Å²) in [6, 6.07) is 15.1. The Morgan fingerprint density at radius 1 is 0.933 bits per heavy atom. The lowest BCUT2D eigenvalue weighted by Gasteiger charge is -2.26. The molecule has 2 aromatic carbocycles. The third-order valence-electron chi connectivity index (χ3n) is 5.14. The number of alkyl halides is 3. The Balaban J connectivity index is 1.78. The fraction of sp³-hybridized carbons (Fsp3) is 0.217. The molecule has 154 valence electrons. The first kappa shape index (κ1) is 20.4. The van der Waals surface area contributed by atoms with Crippen molar-refractivity contribution in [1.29, 1.82) is 0 Å². The highest BCUT2D eigenvalue weighted by Gasteiger charge is 2.31. The van der Waals surface area contributed by atoms with Gasteiger partial charge in [-0.2, -0.15) is 18.3 Å². The van der Waals surface area contributed by atoms with Crippen LogP contribution in [-0.4, -0.2) is 14.6 Å². The number of aromatic nitrogens is 3. The molecule has 0 aliphatic heterocycles. The molecule has 0 spiro atoms. The molecule has 0 aliphatic rings. The highest BCUT2D eigenvalue weighted by Crippen LogP contribution is 2.36. The van der Waals surface area contributed by atoms with Crippen LogP contribution in [0.3, 0.4) is 0 Å². The monoisotopic (exact) mass is 429 g/mol. The second-order valence-electron chi connectivity index (χ2n) is 7.87. The maximum Gasteiger partial charge on any atom is 0.416 e. The summed E-state index contributed by atoms with van der Waals surface area (Å²) in [5.74, 6) is 0. The van der Waals surface area contributed by atoms with E-state index in [-0.39, 0.29) is 5.41 Å². The molecule has 0 unspecified atom stereocenters. The van der Waals surface area contributed by atoms with Crippen molar-refractivity contribution < 1.29 is 13.2 Å². The fourth-order valence-corrected chi connectivity index (χ4v) is 4.14. The summed E-state index contributed by atoms with van der Waals surface area (Å²) < 4.78 is 40.3. The van der Waals surface area contributed by atoms with Crippen LogP contribution in [0.1, 0.15) is 30.7 Å². The molecular weight excluding hydrogens is 411 g/mol. The zero-order valence-corrected chi connectivity index (χ0v) is 17.2. The minimum atomic E-state index is -4.37. The number of nitrogens with zero attached hydrogens (tertiary/aromatic N) is 3. The van der Waals surface area contributed by atoms with Gasteiger partial charge in [0, 0.05) is 17.2 Å². The molecule has 7 heteroatoms. The summed E-state index contributed by atoms with van der Waals surface area (Å²) in [5, 5.41) is 4.97. The molecule has 0 bridgehead atoms. The summed E-state index contributed by atoms with van der Waals surface area (Å²) in [7, 11) is 0. The van der Waals surface area contributed by atoms with Crippen molar-refractivity contribution in [1.82, 2.24) is 14.6 Å². The second-order valence-corrected chi connectivity index (χ2v) is 8.28. The number of fused-ring (bicyclic) bond motifs is 1. The summed E-state index contributed by atoms with van der Waals surface area (Å²) in [6.07, 6.45) is -0.445. The molecule has 0 N–H and O–H groups in total. The average molecular weight is 430 g/mol. The normalized spacial score (nSPS) is 12.5. The van der Waals surface area contributed by atoms with E-state index in [1.54, 1.807) is 16.9 Å². The molecule has 0 saturated carbocycles. The number of halogens is 4. The molecule has 0 radical (unpaired) electrons. The fourth-order valence-electron chi connectivity index (χ4n) is 3.75. The smallest absolute Gasteiger partial charge is 0.235 e. The van der Waals surface area contributed by atoms with Crippen LogP contribution in [0, 0.1) is 0 Å². The Kier molecular flexibility index (Phi) is 5.06. The Labute approximate surface area is 177 Å². The van der Waals surface area contributed by atoms with Gasteiger partial charge in [-0.25, -0.2) is 9.50 Å². The summed E-state index contributed by atoms with van der Waals surface area (Å²) >= 11 is 6.53. The van der Waals surface area contributed by atoms with E-state index in [0.717, 1.165) is 24.2 Å². The molecule has 2 aromatic heterocycles. The highest BCUT2D eigenvalue weighted by molar-refractivity contribution is 6.31. The largest absolute Gasteiger partial charge is 0.416 e. The zero-order valence-electron chi connectivity index (χ0n) is 16.4. The van der Waals surface area contributed by atoms with Gasteiger partial charge in [0.1, 0.15) is 0 Å². The Bertz CT molecular complexity index is 1180. The standard InChI is InChI=1S/C23H19ClF3N3/c1-22(2,12-15-6-4-3-5-7-15)20-19(24)14-28-21-18(13-29-30(20)21)16-8-10-17(11-9-16)23(25,26)27/h3-11,13-14H,12H2,1-2H3. The Hall–Kier alpha value is -2.86. The van der Waals surface area contributed by atoms with Crippen LogP contribution in [-0.2, 0) is 18.0 Å². The Morgan fingerprint density at radius 2 is 1.60 bits per heavy atom. The van der Waals surface area contributed by atoms with E-state index in [2.05, 4.69) is 36.1 Å². The third kappa shape index (κ3) is 3.79. The highest BCUT2D eigenvalue weighted by atomic mass is 35.5. The van der Waals surface area contributed by atoms with Crippen LogP contribution in [0.25, 0.3) is 16.8 Å². The predicted molar refractivity (Wildman–Crippen MR) is 112 cm³/mol. The van der Waals surface area contributed by atoms with Gasteiger partial charge in [0.2, 0.25) is 0 Å². The van der Waals surface area contributed by atoms with Gasteiger partial charge in [-0.15, -0.1) is 0 Å². The van der Waals surface area contributed by atoms with Gasteiger partial charge < -0.3 is 0 Å². The van der Waals surface area contributed by atoms with Crippen LogP contribution in [0.15, 0.2) is 67.0 Å². The van der Waals surface area contributed by atoms with Crippen molar-refractivity contribution in [2.75, 3.05) is 0 Å². The maximum atomic E-state index is 12.9. The quantitative estimate of drug-likeness (QED) is 0.366. The first-order chi connectivity index (χ1) is 14.2. The molecule has 3 nitrogen and oxygen atoms in total. The summed E-state index contributed by atoms with van der Waals surface area (Å²) in [6.45, 7) is 4.17. The third-order valence-corrected chi connectivity index (χ3v) is 5.41. The van der Waals surface area contributed by atoms with Crippen LogP contribution < -0.4 is 0 Å². The van der Waals surface area contributed by atoms with Gasteiger partial charge in [0.15, 0.2) is 5.65 Å². The van der Waals surface area contributed by atoms with Gasteiger partial charge in [-0.3, -0.25) is 0 Å². The molecule has 0 saturated heterocycles. The predicted octanol–water partition coefficient (Wildman–Crippen LogP) is 6.59. The van der Waals surface area contributed by atoms with E-state index >= 15 is 0 Å². The number of hydrogen-bond donors (Lipinski definition) is 0. The van der Waals surface area contributed by atoms with Crippen molar-refractivity contribution in [2.45, 2.75) is 31.9 Å². The van der Waals surface area contributed by atoms with Gasteiger partial charge in [-0.1, -0.05) is 67.9 Å². The van der Waals surface area contributed by atoms with E-state index in [4.69, 9.17) is 11.6 Å². The summed E-state index contributed by atoms with van der Waals surface area (Å²) in [5.41, 5.74) is 2.73. The molecule has 0 amide bonds. The van der Waals surface area contributed by atoms with Crippen LogP contribution in [0.2, 0.25) is 5.02 Å². The van der Waals surface area contributed by atoms with E-state index in [1.807, 2.05) is 18.2 Å². The van der Waals surface area contributed by atoms with Crippen molar-refractivity contribution in [3.05, 3.63) is 88.8 Å². The van der Waals surface area contributed by atoms with Crippen LogP contribution in [0.5, 0.6) is 0 Å². The number of rotatable bonds is 4. The zero-order chi connectivity index (χ0) is 21.5. The number of hydrogen-bond acceptors (Lipinski definition) is 2.